The van der Waals surface area contributed by atoms with Crippen LogP contribution in [0.25, 0.3) is 10.9 Å². The average molecular weight is 816 g/mol. The van der Waals surface area contributed by atoms with Crippen molar-refractivity contribution in [2.24, 2.45) is 5.92 Å². The third-order valence-corrected chi connectivity index (χ3v) is 12.1. The molecule has 59 heavy (non-hydrogen) atoms. The predicted octanol–water partition coefficient (Wildman–Crippen LogP) is 6.29. The summed E-state index contributed by atoms with van der Waals surface area (Å²) in [5.41, 5.74) is 3.79. The van der Waals surface area contributed by atoms with E-state index in [1.54, 1.807) is 30.5 Å². The standard InChI is InChI=1S/C45H45N5O8S/c51-37-13-11-35(36-12-14-40(53)48-43(36)37)38(52)24-46-22-33-23-47-41(59-33)21-31-19-27(9-10-34(31)44(54)55)26-57-32-8-4-7-30(20-32)42(29-5-2-1-3-6-29)49-45(56)58-39-25-50-17-15-28(39)16-18-50/h1-14,19-20,23,28,38-39,42,46,51-52H,15-18,21-22,24-26H2,(H,48,53)(H,49,56)(H,54,55)/t38-,39-,42-/m0/s1. The number of fused-ring (bicyclic) bond motifs is 4. The number of pyridine rings is 1. The number of carbonyl (C=O) groups is 2. The van der Waals surface area contributed by atoms with E-state index in [4.69, 9.17) is 9.47 Å². The first kappa shape index (κ1) is 39.8. The molecule has 3 aliphatic heterocycles. The number of amides is 1. The van der Waals surface area contributed by atoms with Gasteiger partial charge in [-0.1, -0.05) is 60.7 Å². The number of benzene rings is 4. The molecule has 6 N–H and O–H groups in total. The van der Waals surface area contributed by atoms with Crippen LogP contribution in [0.5, 0.6) is 11.5 Å². The number of aliphatic hydroxyl groups excluding tert-OH is 1. The Labute approximate surface area is 344 Å². The van der Waals surface area contributed by atoms with E-state index in [1.165, 1.54) is 23.5 Å². The number of carboxylic acids is 1. The van der Waals surface area contributed by atoms with Crippen molar-refractivity contribution >= 4 is 34.3 Å². The summed E-state index contributed by atoms with van der Waals surface area (Å²) in [6.07, 6.45) is 2.66. The number of nitrogens with zero attached hydrogens (tertiary/aromatic N) is 2. The lowest BCUT2D eigenvalue weighted by Gasteiger charge is -2.43. The van der Waals surface area contributed by atoms with E-state index in [9.17, 15) is 29.7 Å². The number of carboxylic acid groups (broad SMARTS) is 1. The number of alkyl carbamates (subject to hydrolysis) is 1. The van der Waals surface area contributed by atoms with E-state index < -0.39 is 24.2 Å². The molecule has 4 aromatic carbocycles. The van der Waals surface area contributed by atoms with Crippen LogP contribution in [0.1, 0.15) is 73.0 Å². The minimum absolute atomic E-state index is 0.0748. The number of phenolic OH excluding ortho intramolecular Hbond substituents is 1. The molecular formula is C45H45N5O8S. The lowest BCUT2D eigenvalue weighted by atomic mass is 9.86. The number of hydrogen-bond acceptors (Lipinski definition) is 11. The van der Waals surface area contributed by atoms with Gasteiger partial charge in [0.15, 0.2) is 0 Å². The fraction of sp³-hybridized carbons (Fsp3) is 0.289. The summed E-state index contributed by atoms with van der Waals surface area (Å²) in [5.74, 6) is -0.123. The van der Waals surface area contributed by atoms with Gasteiger partial charge < -0.3 is 40.4 Å². The van der Waals surface area contributed by atoms with Crippen LogP contribution >= 0.6 is 11.3 Å². The molecule has 13 nitrogen and oxygen atoms in total. The van der Waals surface area contributed by atoms with Gasteiger partial charge in [0.2, 0.25) is 5.56 Å². The van der Waals surface area contributed by atoms with Crippen LogP contribution in [-0.2, 0) is 24.3 Å². The number of aromatic nitrogens is 2. The summed E-state index contributed by atoms with van der Waals surface area (Å²) >= 11 is 1.44. The quantitative estimate of drug-likeness (QED) is 0.0684. The zero-order chi connectivity index (χ0) is 40.9. The van der Waals surface area contributed by atoms with Gasteiger partial charge in [-0.25, -0.2) is 14.6 Å². The van der Waals surface area contributed by atoms with E-state index in [0.29, 0.717) is 41.1 Å². The van der Waals surface area contributed by atoms with Crippen molar-refractivity contribution in [1.82, 2.24) is 25.5 Å². The van der Waals surface area contributed by atoms with Crippen LogP contribution in [0.15, 0.2) is 108 Å². The smallest absolute Gasteiger partial charge is 0.408 e. The molecule has 3 fully saturated rings. The van der Waals surface area contributed by atoms with Gasteiger partial charge in [0.1, 0.15) is 24.2 Å². The number of aliphatic hydroxyl groups is 1. The van der Waals surface area contributed by atoms with Crippen molar-refractivity contribution < 1.29 is 34.4 Å². The maximum atomic E-state index is 13.3. The number of aromatic carboxylic acids is 1. The fourth-order valence-corrected chi connectivity index (χ4v) is 8.96. The van der Waals surface area contributed by atoms with Gasteiger partial charge in [0, 0.05) is 48.6 Å². The number of aromatic amines is 1. The molecule has 2 bridgehead atoms. The van der Waals surface area contributed by atoms with Gasteiger partial charge in [-0.15, -0.1) is 11.3 Å². The zero-order valence-electron chi connectivity index (χ0n) is 32.2. The molecule has 0 aliphatic carbocycles. The van der Waals surface area contributed by atoms with Crippen molar-refractivity contribution in [3.63, 3.8) is 0 Å². The molecule has 3 aliphatic rings. The first-order valence-electron chi connectivity index (χ1n) is 19.7. The Morgan fingerprint density at radius 2 is 1.78 bits per heavy atom. The van der Waals surface area contributed by atoms with E-state index in [1.807, 2.05) is 60.7 Å². The average Bonchev–Trinajstić information content (AvgIpc) is 3.69. The minimum Gasteiger partial charge on any atom is -0.506 e. The number of H-pyrrole nitrogens is 1. The Kier molecular flexibility index (Phi) is 12.0. The van der Waals surface area contributed by atoms with E-state index in [0.717, 1.165) is 59.1 Å². The summed E-state index contributed by atoms with van der Waals surface area (Å²) in [5, 5.41) is 38.7. The topological polar surface area (TPSA) is 186 Å². The number of phenols is 1. The van der Waals surface area contributed by atoms with Gasteiger partial charge in [-0.2, -0.15) is 0 Å². The highest BCUT2D eigenvalue weighted by Crippen LogP contribution is 2.32. The number of nitrogens with one attached hydrogen (secondary N) is 3. The Morgan fingerprint density at radius 1 is 0.966 bits per heavy atom. The molecule has 0 unspecified atom stereocenters. The molecule has 3 saturated heterocycles. The molecule has 2 aromatic heterocycles. The second-order valence-corrected chi connectivity index (χ2v) is 16.3. The molecule has 0 saturated carbocycles. The summed E-state index contributed by atoms with van der Waals surface area (Å²) in [6, 6.07) is 28.0. The fourth-order valence-electron chi connectivity index (χ4n) is 8.05. The molecule has 14 heteroatoms. The van der Waals surface area contributed by atoms with E-state index in [-0.39, 0.29) is 41.6 Å². The lowest BCUT2D eigenvalue weighted by Crippen LogP contribution is -2.52. The number of hydrogen-bond donors (Lipinski definition) is 6. The van der Waals surface area contributed by atoms with Gasteiger partial charge in [-0.05, 0) is 90.0 Å². The maximum absolute atomic E-state index is 13.3. The normalized spacial score (nSPS) is 18.3. The maximum Gasteiger partial charge on any atom is 0.408 e. The SMILES string of the molecule is O=C(N[C@@H](c1ccccc1)c1cccc(OCc2ccc(C(=O)O)c(Cc3ncc(CNC[C@H](O)c4ccc(O)c5[nH]c(=O)ccc45)s3)c2)c1)O[C@H]1CN2CCC1CC2. The lowest BCUT2D eigenvalue weighted by molar-refractivity contribution is -0.0336. The van der Waals surface area contributed by atoms with Crippen LogP contribution < -0.4 is 20.9 Å². The predicted molar refractivity (Wildman–Crippen MR) is 223 cm³/mol. The number of thiazole rings is 1. The second kappa shape index (κ2) is 17.8. The van der Waals surface area contributed by atoms with Crippen LogP contribution in [0.4, 0.5) is 4.79 Å². The highest BCUT2D eigenvalue weighted by molar-refractivity contribution is 7.11. The molecule has 5 heterocycles. The Balaban J connectivity index is 0.901. The third kappa shape index (κ3) is 9.47. The highest BCUT2D eigenvalue weighted by Gasteiger charge is 2.37. The monoisotopic (exact) mass is 815 g/mol. The molecule has 6 aromatic rings. The van der Waals surface area contributed by atoms with Crippen LogP contribution in [-0.4, -0.2) is 74.5 Å². The van der Waals surface area contributed by atoms with Crippen molar-refractivity contribution in [3.05, 3.63) is 157 Å². The highest BCUT2D eigenvalue weighted by atomic mass is 32.1. The second-order valence-electron chi connectivity index (χ2n) is 15.1. The van der Waals surface area contributed by atoms with Crippen LogP contribution in [0, 0.1) is 5.92 Å². The van der Waals surface area contributed by atoms with E-state index >= 15 is 0 Å². The van der Waals surface area contributed by atoms with Crippen LogP contribution in [0.2, 0.25) is 0 Å². The van der Waals surface area contributed by atoms with Crippen molar-refractivity contribution in [2.75, 3.05) is 26.2 Å². The zero-order valence-corrected chi connectivity index (χ0v) is 33.0. The van der Waals surface area contributed by atoms with Gasteiger partial charge in [0.05, 0.1) is 28.2 Å². The van der Waals surface area contributed by atoms with E-state index in [2.05, 4.69) is 25.5 Å². The number of ether oxygens (including phenoxy) is 2. The first-order chi connectivity index (χ1) is 28.7. The Hall–Kier alpha value is -6.06. The number of rotatable bonds is 15. The largest absolute Gasteiger partial charge is 0.506 e. The van der Waals surface area contributed by atoms with Crippen molar-refractivity contribution in [2.45, 2.75) is 50.7 Å². The summed E-state index contributed by atoms with van der Waals surface area (Å²) in [7, 11) is 0. The summed E-state index contributed by atoms with van der Waals surface area (Å²) in [6.45, 7) is 3.70. The molecule has 0 radical (unpaired) electrons. The van der Waals surface area contributed by atoms with Crippen LogP contribution in [0.3, 0.4) is 0 Å². The Morgan fingerprint density at radius 3 is 2.56 bits per heavy atom. The third-order valence-electron chi connectivity index (χ3n) is 11.1. The number of aromatic hydroxyl groups is 1. The molecule has 1 amide bonds. The molecule has 3 atom stereocenters. The number of piperidine rings is 3. The molecule has 304 valence electrons. The molecular weight excluding hydrogens is 771 g/mol. The van der Waals surface area contributed by atoms with Gasteiger partial charge in [-0.3, -0.25) is 9.69 Å². The minimum atomic E-state index is -1.04. The summed E-state index contributed by atoms with van der Waals surface area (Å²) in [4.78, 5) is 47.7. The van der Waals surface area contributed by atoms with Crippen molar-refractivity contribution in [1.29, 1.82) is 0 Å². The Bertz CT molecular complexity index is 2500. The van der Waals surface area contributed by atoms with Gasteiger partial charge >= 0.3 is 12.1 Å². The number of carbonyl (C=O) groups excluding carboxylic acids is 1. The van der Waals surface area contributed by atoms with Gasteiger partial charge in [0.25, 0.3) is 0 Å². The van der Waals surface area contributed by atoms with Crippen molar-refractivity contribution in [3.8, 4) is 11.5 Å². The molecule has 9 rings (SSSR count). The summed E-state index contributed by atoms with van der Waals surface area (Å²) < 4.78 is 12.2. The first-order valence-corrected chi connectivity index (χ1v) is 20.5. The molecule has 0 spiro atoms.